The number of amides is 1. The van der Waals surface area contributed by atoms with Gasteiger partial charge in [0.1, 0.15) is 0 Å². The zero-order chi connectivity index (χ0) is 15.6. The van der Waals surface area contributed by atoms with Crippen LogP contribution in [0.4, 0.5) is 13.2 Å². The number of benzene rings is 1. The second-order valence-electron chi connectivity index (χ2n) is 4.96. The lowest BCUT2D eigenvalue weighted by atomic mass is 9.91. The van der Waals surface area contributed by atoms with Crippen molar-refractivity contribution in [1.82, 2.24) is 4.90 Å². The van der Waals surface area contributed by atoms with E-state index in [9.17, 15) is 18.0 Å². The highest BCUT2D eigenvalue weighted by atomic mass is 79.9. The second kappa shape index (κ2) is 6.57. The molecule has 0 radical (unpaired) electrons. The van der Waals surface area contributed by atoms with E-state index in [1.54, 1.807) is 4.90 Å². The maximum absolute atomic E-state index is 12.9. The Bertz CT molecular complexity index is 531. The van der Waals surface area contributed by atoms with Crippen LogP contribution < -0.4 is 0 Å². The summed E-state index contributed by atoms with van der Waals surface area (Å²) in [6.45, 7) is 0.350. The number of hydrogen-bond acceptors (Lipinski definition) is 1. The predicted molar refractivity (Wildman–Crippen MR) is 78.5 cm³/mol. The minimum absolute atomic E-state index is 0.0440. The molecule has 1 aliphatic rings. The van der Waals surface area contributed by atoms with Gasteiger partial charge in [-0.3, -0.25) is 4.79 Å². The van der Waals surface area contributed by atoms with Gasteiger partial charge in [-0.05, 0) is 37.5 Å². The summed E-state index contributed by atoms with van der Waals surface area (Å²) in [5.74, 6) is -0.122. The molecule has 0 aliphatic heterocycles. The van der Waals surface area contributed by atoms with Crippen LogP contribution in [0.5, 0.6) is 0 Å². The SMILES string of the molecule is O=C(c1ccc(Br)c(C(F)(F)F)c1)N(CCCl)C1CCC1. The molecule has 1 aromatic carbocycles. The fourth-order valence-corrected chi connectivity index (χ4v) is 2.93. The number of carbonyl (C=O) groups excluding carboxylic acids is 1. The first-order valence-electron chi connectivity index (χ1n) is 6.58. The van der Waals surface area contributed by atoms with Crippen molar-refractivity contribution in [2.75, 3.05) is 12.4 Å². The zero-order valence-electron chi connectivity index (χ0n) is 11.1. The summed E-state index contributed by atoms with van der Waals surface area (Å²) < 4.78 is 38.6. The van der Waals surface area contributed by atoms with Gasteiger partial charge in [0.05, 0.1) is 5.56 Å². The molecular weight excluding hydrogens is 371 g/mol. The zero-order valence-corrected chi connectivity index (χ0v) is 13.4. The molecule has 7 heteroatoms. The highest BCUT2D eigenvalue weighted by Gasteiger charge is 2.35. The van der Waals surface area contributed by atoms with E-state index in [0.717, 1.165) is 25.3 Å². The van der Waals surface area contributed by atoms with Gasteiger partial charge in [-0.1, -0.05) is 15.9 Å². The predicted octanol–water partition coefficient (Wildman–Crippen LogP) is 4.70. The minimum Gasteiger partial charge on any atom is -0.334 e. The van der Waals surface area contributed by atoms with E-state index in [1.165, 1.54) is 12.1 Å². The highest BCUT2D eigenvalue weighted by molar-refractivity contribution is 9.10. The lowest BCUT2D eigenvalue weighted by Crippen LogP contribution is -2.45. The van der Waals surface area contributed by atoms with E-state index in [1.807, 2.05) is 0 Å². The van der Waals surface area contributed by atoms with E-state index >= 15 is 0 Å². The van der Waals surface area contributed by atoms with Crippen molar-refractivity contribution in [2.45, 2.75) is 31.5 Å². The molecule has 2 rings (SSSR count). The lowest BCUT2D eigenvalue weighted by molar-refractivity contribution is -0.138. The van der Waals surface area contributed by atoms with Crippen LogP contribution in [0.3, 0.4) is 0 Å². The molecule has 1 fully saturated rings. The molecule has 0 heterocycles. The van der Waals surface area contributed by atoms with Gasteiger partial charge in [0, 0.05) is 28.5 Å². The monoisotopic (exact) mass is 383 g/mol. The van der Waals surface area contributed by atoms with Gasteiger partial charge < -0.3 is 4.90 Å². The Morgan fingerprint density at radius 3 is 2.52 bits per heavy atom. The van der Waals surface area contributed by atoms with Crippen LogP contribution in [0.25, 0.3) is 0 Å². The molecule has 0 saturated heterocycles. The summed E-state index contributed by atoms with van der Waals surface area (Å²) in [4.78, 5) is 14.0. The summed E-state index contributed by atoms with van der Waals surface area (Å²) in [7, 11) is 0. The van der Waals surface area contributed by atoms with Crippen LogP contribution in [0.2, 0.25) is 0 Å². The van der Waals surface area contributed by atoms with Crippen molar-refractivity contribution in [3.05, 3.63) is 33.8 Å². The number of hydrogen-bond donors (Lipinski definition) is 0. The Hall–Kier alpha value is -0.750. The smallest absolute Gasteiger partial charge is 0.334 e. The Morgan fingerprint density at radius 2 is 2.05 bits per heavy atom. The van der Waals surface area contributed by atoms with Gasteiger partial charge in [0.25, 0.3) is 5.91 Å². The van der Waals surface area contributed by atoms with Crippen molar-refractivity contribution in [2.24, 2.45) is 0 Å². The molecule has 0 atom stereocenters. The third-order valence-corrected chi connectivity index (χ3v) is 4.48. The number of halogens is 5. The third-order valence-electron chi connectivity index (χ3n) is 3.62. The maximum atomic E-state index is 12.9. The molecule has 1 amide bonds. The standard InChI is InChI=1S/C14H14BrClF3NO/c15-12-5-4-9(8-11(12)14(17,18)19)13(21)20(7-6-16)10-2-1-3-10/h4-5,8,10H,1-3,6-7H2. The summed E-state index contributed by atoms with van der Waals surface area (Å²) in [6.07, 6.45) is -1.70. The number of carbonyl (C=O) groups is 1. The molecule has 21 heavy (non-hydrogen) atoms. The van der Waals surface area contributed by atoms with Crippen molar-refractivity contribution < 1.29 is 18.0 Å². The van der Waals surface area contributed by atoms with E-state index in [2.05, 4.69) is 15.9 Å². The summed E-state index contributed by atoms with van der Waals surface area (Å²) >= 11 is 8.57. The molecule has 1 aromatic rings. The van der Waals surface area contributed by atoms with Crippen LogP contribution in [-0.2, 0) is 6.18 Å². The van der Waals surface area contributed by atoms with Crippen LogP contribution in [0.15, 0.2) is 22.7 Å². The Morgan fingerprint density at radius 1 is 1.38 bits per heavy atom. The molecular formula is C14H14BrClF3NO. The molecule has 0 unspecified atom stereocenters. The van der Waals surface area contributed by atoms with Gasteiger partial charge in [-0.2, -0.15) is 13.2 Å². The fourth-order valence-electron chi connectivity index (χ4n) is 2.28. The molecule has 0 aromatic heterocycles. The topological polar surface area (TPSA) is 20.3 Å². The number of rotatable bonds is 4. The van der Waals surface area contributed by atoms with E-state index < -0.39 is 17.6 Å². The van der Waals surface area contributed by atoms with Gasteiger partial charge in [-0.25, -0.2) is 0 Å². The van der Waals surface area contributed by atoms with Gasteiger partial charge >= 0.3 is 6.18 Å². The lowest BCUT2D eigenvalue weighted by Gasteiger charge is -2.37. The number of alkyl halides is 4. The van der Waals surface area contributed by atoms with Crippen LogP contribution >= 0.6 is 27.5 Å². The summed E-state index contributed by atoms with van der Waals surface area (Å²) in [6, 6.07) is 3.65. The Balaban J connectivity index is 2.29. The first-order chi connectivity index (χ1) is 9.84. The molecule has 116 valence electrons. The summed E-state index contributed by atoms with van der Waals surface area (Å²) in [5, 5.41) is 0. The first kappa shape index (κ1) is 16.6. The molecule has 1 saturated carbocycles. The normalized spacial score (nSPS) is 15.7. The average Bonchev–Trinajstić information content (AvgIpc) is 2.34. The van der Waals surface area contributed by atoms with Crippen LogP contribution in [0, 0.1) is 0 Å². The Labute approximate surface area is 134 Å². The van der Waals surface area contributed by atoms with Gasteiger partial charge in [0.2, 0.25) is 0 Å². The molecule has 2 nitrogen and oxygen atoms in total. The average molecular weight is 385 g/mol. The van der Waals surface area contributed by atoms with E-state index in [-0.39, 0.29) is 22.0 Å². The van der Waals surface area contributed by atoms with E-state index in [4.69, 9.17) is 11.6 Å². The first-order valence-corrected chi connectivity index (χ1v) is 7.91. The van der Waals surface area contributed by atoms with Crippen LogP contribution in [-0.4, -0.2) is 29.3 Å². The largest absolute Gasteiger partial charge is 0.417 e. The molecule has 0 N–H and O–H groups in total. The Kier molecular flexibility index (Phi) is 5.20. The van der Waals surface area contributed by atoms with Crippen molar-refractivity contribution in [3.8, 4) is 0 Å². The van der Waals surface area contributed by atoms with Crippen molar-refractivity contribution in [1.29, 1.82) is 0 Å². The molecule has 0 spiro atoms. The number of nitrogens with zero attached hydrogens (tertiary/aromatic N) is 1. The third kappa shape index (κ3) is 3.72. The van der Waals surface area contributed by atoms with Crippen molar-refractivity contribution >= 4 is 33.4 Å². The minimum atomic E-state index is -4.50. The second-order valence-corrected chi connectivity index (χ2v) is 6.20. The maximum Gasteiger partial charge on any atom is 0.417 e. The van der Waals surface area contributed by atoms with Crippen LogP contribution in [0.1, 0.15) is 35.2 Å². The van der Waals surface area contributed by atoms with Crippen molar-refractivity contribution in [3.63, 3.8) is 0 Å². The quantitative estimate of drug-likeness (QED) is 0.689. The molecule has 0 bridgehead atoms. The highest BCUT2D eigenvalue weighted by Crippen LogP contribution is 2.36. The summed E-state index contributed by atoms with van der Waals surface area (Å²) in [5.41, 5.74) is -0.796. The fraction of sp³-hybridized carbons (Fsp3) is 0.500. The van der Waals surface area contributed by atoms with E-state index in [0.29, 0.717) is 6.54 Å². The molecule has 1 aliphatic carbocycles. The van der Waals surface area contributed by atoms with Gasteiger partial charge in [0.15, 0.2) is 0 Å². The van der Waals surface area contributed by atoms with Gasteiger partial charge in [-0.15, -0.1) is 11.6 Å².